The smallest absolute Gasteiger partial charge is 0.315 e. The van der Waals surface area contributed by atoms with Crippen molar-refractivity contribution in [3.8, 4) is 0 Å². The van der Waals surface area contributed by atoms with Gasteiger partial charge in [-0.15, -0.1) is 0 Å². The maximum absolute atomic E-state index is 11.9. The van der Waals surface area contributed by atoms with Crippen molar-refractivity contribution in [2.24, 2.45) is 0 Å². The van der Waals surface area contributed by atoms with E-state index in [4.69, 9.17) is 4.74 Å². The molecule has 0 bridgehead atoms. The first kappa shape index (κ1) is 16.8. The lowest BCUT2D eigenvalue weighted by Crippen LogP contribution is -2.48. The predicted octanol–water partition coefficient (Wildman–Crippen LogP) is 1.85. The first-order valence-corrected chi connectivity index (χ1v) is 8.07. The molecule has 22 heavy (non-hydrogen) atoms. The number of hydrogen-bond acceptors (Lipinski definition) is 3. The number of nitrogens with one attached hydrogen (secondary N) is 2. The van der Waals surface area contributed by atoms with Crippen LogP contribution < -0.4 is 10.6 Å². The number of amides is 2. The monoisotopic (exact) mass is 306 g/mol. The van der Waals surface area contributed by atoms with Gasteiger partial charge in [-0.25, -0.2) is 4.79 Å². The van der Waals surface area contributed by atoms with E-state index in [-0.39, 0.29) is 24.7 Å². The quantitative estimate of drug-likeness (QED) is 0.720. The largest absolute Gasteiger partial charge is 0.391 e. The van der Waals surface area contributed by atoms with E-state index in [0.29, 0.717) is 6.42 Å². The Morgan fingerprint density at radius 3 is 2.82 bits per heavy atom. The Morgan fingerprint density at radius 2 is 2.18 bits per heavy atom. The molecule has 5 heteroatoms. The van der Waals surface area contributed by atoms with E-state index >= 15 is 0 Å². The maximum Gasteiger partial charge on any atom is 0.315 e. The number of benzene rings is 1. The Balaban J connectivity index is 1.70. The van der Waals surface area contributed by atoms with Crippen molar-refractivity contribution < 1.29 is 14.6 Å². The summed E-state index contributed by atoms with van der Waals surface area (Å²) in [5, 5.41) is 15.7. The van der Waals surface area contributed by atoms with Crippen molar-refractivity contribution in [1.82, 2.24) is 10.6 Å². The van der Waals surface area contributed by atoms with Crippen molar-refractivity contribution >= 4 is 6.03 Å². The van der Waals surface area contributed by atoms with Gasteiger partial charge in [-0.2, -0.15) is 0 Å². The molecule has 122 valence electrons. The van der Waals surface area contributed by atoms with E-state index in [9.17, 15) is 9.90 Å². The van der Waals surface area contributed by atoms with Gasteiger partial charge in [0.05, 0.1) is 18.2 Å². The molecule has 0 aromatic heterocycles. The molecule has 0 spiro atoms. The summed E-state index contributed by atoms with van der Waals surface area (Å²) >= 11 is 0. The van der Waals surface area contributed by atoms with Crippen LogP contribution in [0.25, 0.3) is 0 Å². The Labute approximate surface area is 132 Å². The number of carbonyl (C=O) groups is 1. The molecule has 0 saturated carbocycles. The van der Waals surface area contributed by atoms with Crippen LogP contribution in [0.1, 0.15) is 31.7 Å². The van der Waals surface area contributed by atoms with E-state index in [1.54, 1.807) is 0 Å². The summed E-state index contributed by atoms with van der Waals surface area (Å²) in [7, 11) is 0. The van der Waals surface area contributed by atoms with Gasteiger partial charge >= 0.3 is 6.03 Å². The lowest BCUT2D eigenvalue weighted by atomic mass is 10.1. The Bertz CT molecular complexity index is 446. The normalized spacial score (nSPS) is 20.4. The molecule has 1 saturated heterocycles. The third-order valence-electron chi connectivity index (χ3n) is 3.98. The summed E-state index contributed by atoms with van der Waals surface area (Å²) in [6, 6.07) is 9.55. The minimum atomic E-state index is -0.587. The van der Waals surface area contributed by atoms with Crippen molar-refractivity contribution in [2.45, 2.75) is 50.9 Å². The van der Waals surface area contributed by atoms with Crippen molar-refractivity contribution in [3.63, 3.8) is 0 Å². The molecule has 2 amide bonds. The van der Waals surface area contributed by atoms with E-state index in [0.717, 1.165) is 31.4 Å². The highest BCUT2D eigenvalue weighted by Crippen LogP contribution is 2.17. The molecular formula is C17H26N2O3. The number of carbonyl (C=O) groups excluding carboxylic acids is 1. The zero-order chi connectivity index (χ0) is 15.8. The van der Waals surface area contributed by atoms with Crippen molar-refractivity contribution in [2.75, 3.05) is 13.2 Å². The van der Waals surface area contributed by atoms with Crippen molar-refractivity contribution in [3.05, 3.63) is 35.9 Å². The maximum atomic E-state index is 11.9. The van der Waals surface area contributed by atoms with Crippen LogP contribution in [-0.2, 0) is 11.2 Å². The highest BCUT2D eigenvalue weighted by molar-refractivity contribution is 5.74. The Hall–Kier alpha value is -1.59. The molecule has 1 fully saturated rings. The zero-order valence-corrected chi connectivity index (χ0v) is 13.1. The summed E-state index contributed by atoms with van der Waals surface area (Å²) in [6.07, 6.45) is 2.95. The molecule has 1 aromatic rings. The van der Waals surface area contributed by atoms with Crippen molar-refractivity contribution in [1.29, 1.82) is 0 Å². The van der Waals surface area contributed by atoms with Gasteiger partial charge in [-0.1, -0.05) is 37.3 Å². The van der Waals surface area contributed by atoms with Gasteiger partial charge < -0.3 is 20.5 Å². The number of aliphatic hydroxyl groups excluding tert-OH is 1. The predicted molar refractivity (Wildman–Crippen MR) is 85.7 cm³/mol. The van der Waals surface area contributed by atoms with Gasteiger partial charge in [0.15, 0.2) is 0 Å². The summed E-state index contributed by atoms with van der Waals surface area (Å²) in [5.74, 6) is 0. The summed E-state index contributed by atoms with van der Waals surface area (Å²) in [5.41, 5.74) is 1.06. The lowest BCUT2D eigenvalue weighted by Gasteiger charge is -2.23. The van der Waals surface area contributed by atoms with Crippen LogP contribution in [0.5, 0.6) is 0 Å². The number of hydrogen-bond donors (Lipinski definition) is 3. The molecule has 5 nitrogen and oxygen atoms in total. The molecule has 1 aliphatic rings. The van der Waals surface area contributed by atoms with Crippen LogP contribution in [0.3, 0.4) is 0 Å². The van der Waals surface area contributed by atoms with Gasteiger partial charge in [0.2, 0.25) is 0 Å². The average Bonchev–Trinajstić information content (AvgIpc) is 3.06. The average molecular weight is 306 g/mol. The van der Waals surface area contributed by atoms with Gasteiger partial charge in [0.1, 0.15) is 0 Å². The molecule has 3 N–H and O–H groups in total. The second kappa shape index (κ2) is 8.76. The second-order valence-corrected chi connectivity index (χ2v) is 5.76. The Kier molecular flexibility index (Phi) is 6.68. The Morgan fingerprint density at radius 1 is 1.41 bits per heavy atom. The third-order valence-corrected chi connectivity index (χ3v) is 3.98. The SMILES string of the molecule is CCC(NC(=O)NCC(O)Cc1ccccc1)C1CCCO1. The number of aliphatic hydroxyl groups is 1. The fourth-order valence-corrected chi connectivity index (χ4v) is 2.77. The van der Waals surface area contributed by atoms with Gasteiger partial charge in [-0.3, -0.25) is 0 Å². The summed E-state index contributed by atoms with van der Waals surface area (Å²) in [6.45, 7) is 3.06. The van der Waals surface area contributed by atoms with Crippen LogP contribution in [0.2, 0.25) is 0 Å². The van der Waals surface area contributed by atoms with E-state index in [1.807, 2.05) is 37.3 Å². The van der Waals surface area contributed by atoms with Gasteiger partial charge in [0.25, 0.3) is 0 Å². The molecule has 1 heterocycles. The highest BCUT2D eigenvalue weighted by Gasteiger charge is 2.25. The fraction of sp³-hybridized carbons (Fsp3) is 0.588. The molecule has 0 aliphatic carbocycles. The summed E-state index contributed by atoms with van der Waals surface area (Å²) in [4.78, 5) is 11.9. The summed E-state index contributed by atoms with van der Waals surface area (Å²) < 4.78 is 5.62. The third kappa shape index (κ3) is 5.31. The van der Waals surface area contributed by atoms with Crippen LogP contribution in [0, 0.1) is 0 Å². The van der Waals surface area contributed by atoms with E-state index in [1.165, 1.54) is 0 Å². The first-order valence-electron chi connectivity index (χ1n) is 8.07. The minimum Gasteiger partial charge on any atom is -0.391 e. The standard InChI is InChI=1S/C17H26N2O3/c1-2-15(16-9-6-10-22-16)19-17(21)18-12-14(20)11-13-7-4-3-5-8-13/h3-5,7-8,14-16,20H,2,6,9-12H2,1H3,(H2,18,19,21). The van der Waals surface area contributed by atoms with Crippen LogP contribution >= 0.6 is 0 Å². The highest BCUT2D eigenvalue weighted by atomic mass is 16.5. The molecule has 1 aromatic carbocycles. The zero-order valence-electron chi connectivity index (χ0n) is 13.1. The first-order chi connectivity index (χ1) is 10.7. The van der Waals surface area contributed by atoms with Crippen LogP contribution in [0.15, 0.2) is 30.3 Å². The van der Waals surface area contributed by atoms with E-state index in [2.05, 4.69) is 10.6 Å². The molecule has 2 rings (SSSR count). The van der Waals surface area contributed by atoms with Gasteiger partial charge in [0, 0.05) is 19.6 Å². The molecule has 1 aliphatic heterocycles. The minimum absolute atomic E-state index is 0.0359. The number of rotatable bonds is 7. The number of ether oxygens (including phenoxy) is 1. The van der Waals surface area contributed by atoms with E-state index < -0.39 is 6.10 Å². The fourth-order valence-electron chi connectivity index (χ4n) is 2.77. The van der Waals surface area contributed by atoms with Crippen LogP contribution in [-0.4, -0.2) is 42.5 Å². The lowest BCUT2D eigenvalue weighted by molar-refractivity contribution is 0.0793. The topological polar surface area (TPSA) is 70.6 Å². The molecule has 3 atom stereocenters. The molecular weight excluding hydrogens is 280 g/mol. The van der Waals surface area contributed by atoms with Crippen LogP contribution in [0.4, 0.5) is 4.79 Å². The molecule has 3 unspecified atom stereocenters. The second-order valence-electron chi connectivity index (χ2n) is 5.76. The number of urea groups is 1. The molecule has 0 radical (unpaired) electrons. The van der Waals surface area contributed by atoms with Gasteiger partial charge in [-0.05, 0) is 24.8 Å².